The molecule has 0 radical (unpaired) electrons. The maximum Gasteiger partial charge on any atom is 0.270 e. The Hall–Kier alpha value is -2.68. The summed E-state index contributed by atoms with van der Waals surface area (Å²) in [6.07, 6.45) is 7.19. The van der Waals surface area contributed by atoms with Gasteiger partial charge in [-0.05, 0) is 80.2 Å². The van der Waals surface area contributed by atoms with E-state index in [9.17, 15) is 24.3 Å². The number of carbonyl (C=O) groups is 4. The molecule has 2 bridgehead atoms. The Balaban J connectivity index is 1.22. The second kappa shape index (κ2) is 8.76. The van der Waals surface area contributed by atoms with Crippen molar-refractivity contribution in [1.82, 2.24) is 20.5 Å². The van der Waals surface area contributed by atoms with Crippen LogP contribution < -0.4 is 10.6 Å². The summed E-state index contributed by atoms with van der Waals surface area (Å²) in [5, 5.41) is 15.1. The number of amides is 3. The molecule has 1 aromatic rings. The molecule has 6 rings (SSSR count). The average molecular weight is 483 g/mol. The maximum atomic E-state index is 13.7. The predicted octanol–water partition coefficient (Wildman–Crippen LogP) is 1.19. The Kier molecular flexibility index (Phi) is 5.70. The molecule has 9 heteroatoms. The molecule has 3 heterocycles. The van der Waals surface area contributed by atoms with Gasteiger partial charge in [0, 0.05) is 24.7 Å². The molecular formula is C26H34N4O5. The second-order valence-corrected chi connectivity index (χ2v) is 11.2. The average Bonchev–Trinajstić information content (AvgIpc) is 3.66. The monoisotopic (exact) mass is 482 g/mol. The first-order chi connectivity index (χ1) is 16.9. The molecule has 35 heavy (non-hydrogen) atoms. The largest absolute Gasteiger partial charge is 0.389 e. The molecule has 2 unspecified atom stereocenters. The van der Waals surface area contributed by atoms with Crippen LogP contribution in [-0.2, 0) is 14.4 Å². The van der Waals surface area contributed by atoms with Crippen molar-refractivity contribution in [2.75, 3.05) is 19.7 Å². The third kappa shape index (κ3) is 3.79. The van der Waals surface area contributed by atoms with Crippen LogP contribution in [0.15, 0.2) is 6.07 Å². The number of hydrogen-bond donors (Lipinski definition) is 4. The molecule has 5 aliphatic rings. The van der Waals surface area contributed by atoms with Gasteiger partial charge in [0.15, 0.2) is 5.78 Å². The van der Waals surface area contributed by atoms with Gasteiger partial charge in [0.1, 0.15) is 18.3 Å². The van der Waals surface area contributed by atoms with Crippen LogP contribution in [0.25, 0.3) is 0 Å². The summed E-state index contributed by atoms with van der Waals surface area (Å²) in [4.78, 5) is 57.0. The number of carbonyl (C=O) groups excluding carboxylic acids is 4. The normalized spacial score (nSPS) is 33.5. The highest BCUT2D eigenvalue weighted by molar-refractivity contribution is 5.99. The molecule has 9 nitrogen and oxygen atoms in total. The van der Waals surface area contributed by atoms with Crippen LogP contribution in [0.4, 0.5) is 0 Å². The first kappa shape index (κ1) is 22.8. The Morgan fingerprint density at radius 3 is 2.71 bits per heavy atom. The number of H-pyrrole nitrogens is 1. The molecule has 0 aromatic carbocycles. The van der Waals surface area contributed by atoms with Gasteiger partial charge < -0.3 is 25.6 Å². The summed E-state index contributed by atoms with van der Waals surface area (Å²) in [6.45, 7) is 0.394. The summed E-state index contributed by atoms with van der Waals surface area (Å²) in [5.41, 5.74) is 3.04. The third-order valence-electron chi connectivity index (χ3n) is 9.36. The van der Waals surface area contributed by atoms with Crippen LogP contribution >= 0.6 is 0 Å². The van der Waals surface area contributed by atoms with E-state index in [2.05, 4.69) is 15.6 Å². The van der Waals surface area contributed by atoms with E-state index in [0.29, 0.717) is 37.0 Å². The van der Waals surface area contributed by atoms with Crippen molar-refractivity contribution in [2.45, 2.75) is 75.3 Å². The highest BCUT2D eigenvalue weighted by Crippen LogP contribution is 2.53. The number of rotatable bonds is 7. The van der Waals surface area contributed by atoms with Crippen LogP contribution in [0.3, 0.4) is 0 Å². The minimum atomic E-state index is -0.941. The molecule has 188 valence electrons. The van der Waals surface area contributed by atoms with Gasteiger partial charge in [-0.15, -0.1) is 0 Å². The number of nitrogens with zero attached hydrogens (tertiary/aromatic N) is 1. The highest BCUT2D eigenvalue weighted by atomic mass is 16.3. The second-order valence-electron chi connectivity index (χ2n) is 11.2. The molecule has 2 saturated carbocycles. The topological polar surface area (TPSA) is 132 Å². The first-order valence-corrected chi connectivity index (χ1v) is 13.2. The van der Waals surface area contributed by atoms with Gasteiger partial charge in [-0.1, -0.05) is 6.42 Å². The highest BCUT2D eigenvalue weighted by Gasteiger charge is 2.50. The van der Waals surface area contributed by atoms with Crippen LogP contribution in [0.1, 0.15) is 84.9 Å². The quantitative estimate of drug-likeness (QED) is 0.464. The number of aromatic amines is 1. The Morgan fingerprint density at radius 2 is 1.97 bits per heavy atom. The smallest absolute Gasteiger partial charge is 0.270 e. The lowest BCUT2D eigenvalue weighted by molar-refractivity contribution is -0.133. The van der Waals surface area contributed by atoms with Crippen molar-refractivity contribution in [1.29, 1.82) is 0 Å². The van der Waals surface area contributed by atoms with E-state index < -0.39 is 24.5 Å². The van der Waals surface area contributed by atoms with Crippen molar-refractivity contribution >= 4 is 23.5 Å². The number of Topliss-reactive ketones (excluding diaryl/α,β-unsaturated/α-hetero) is 1. The zero-order valence-corrected chi connectivity index (χ0v) is 19.9. The fraction of sp³-hybridized carbons (Fsp3) is 0.692. The fourth-order valence-corrected chi connectivity index (χ4v) is 7.60. The fourth-order valence-electron chi connectivity index (χ4n) is 7.60. The minimum absolute atomic E-state index is 0.0663. The van der Waals surface area contributed by atoms with Gasteiger partial charge in [0.25, 0.3) is 5.91 Å². The van der Waals surface area contributed by atoms with Crippen LogP contribution in [0, 0.1) is 17.8 Å². The number of likely N-dealkylation sites (tertiary alicyclic amines) is 1. The van der Waals surface area contributed by atoms with Gasteiger partial charge in [0.2, 0.25) is 11.8 Å². The van der Waals surface area contributed by atoms with Gasteiger partial charge in [-0.25, -0.2) is 0 Å². The number of aliphatic hydroxyl groups excluding tert-OH is 1. The van der Waals surface area contributed by atoms with E-state index >= 15 is 0 Å². The summed E-state index contributed by atoms with van der Waals surface area (Å²) in [7, 11) is 0. The van der Waals surface area contributed by atoms with Crippen LogP contribution in [-0.4, -0.2) is 70.3 Å². The number of ketones is 1. The van der Waals surface area contributed by atoms with Gasteiger partial charge in [-0.2, -0.15) is 0 Å². The molecule has 4 fully saturated rings. The lowest BCUT2D eigenvalue weighted by Crippen LogP contribution is -2.53. The lowest BCUT2D eigenvalue weighted by Gasteiger charge is -2.29. The van der Waals surface area contributed by atoms with Crippen molar-refractivity contribution in [3.63, 3.8) is 0 Å². The molecule has 2 saturated heterocycles. The maximum absolute atomic E-state index is 13.7. The molecule has 0 spiro atoms. The Bertz CT molecular complexity index is 1040. The molecule has 7 atom stereocenters. The van der Waals surface area contributed by atoms with Crippen LogP contribution in [0.5, 0.6) is 0 Å². The molecule has 3 aliphatic carbocycles. The summed E-state index contributed by atoms with van der Waals surface area (Å²) < 4.78 is 0. The number of nitrogens with one attached hydrogen (secondary N) is 3. The number of fused-ring (bicyclic) bond motifs is 6. The van der Waals surface area contributed by atoms with Gasteiger partial charge >= 0.3 is 0 Å². The van der Waals surface area contributed by atoms with Gasteiger partial charge in [0.05, 0.1) is 6.04 Å². The number of hydrogen-bond acceptors (Lipinski definition) is 5. The van der Waals surface area contributed by atoms with E-state index in [1.807, 2.05) is 6.07 Å². The lowest BCUT2D eigenvalue weighted by atomic mass is 9.92. The molecule has 2 aliphatic heterocycles. The van der Waals surface area contributed by atoms with E-state index in [1.54, 1.807) is 4.90 Å². The van der Waals surface area contributed by atoms with Gasteiger partial charge in [-0.3, -0.25) is 19.2 Å². The molecular weight excluding hydrogens is 448 g/mol. The molecule has 1 aromatic heterocycles. The predicted molar refractivity (Wildman–Crippen MR) is 126 cm³/mol. The zero-order valence-electron chi connectivity index (χ0n) is 19.9. The van der Waals surface area contributed by atoms with E-state index in [4.69, 9.17) is 0 Å². The van der Waals surface area contributed by atoms with Crippen LogP contribution in [0.2, 0.25) is 0 Å². The van der Waals surface area contributed by atoms with Crippen molar-refractivity contribution in [3.8, 4) is 0 Å². The zero-order chi connectivity index (χ0) is 24.3. The summed E-state index contributed by atoms with van der Waals surface area (Å²) in [5.74, 6) is -0.0874. The van der Waals surface area contributed by atoms with E-state index in [0.717, 1.165) is 19.3 Å². The number of aromatic nitrogens is 1. The Labute approximate surface area is 204 Å². The van der Waals surface area contributed by atoms with Crippen molar-refractivity contribution in [3.05, 3.63) is 23.0 Å². The van der Waals surface area contributed by atoms with Crippen molar-refractivity contribution in [2.24, 2.45) is 17.8 Å². The first-order valence-electron chi connectivity index (χ1n) is 13.2. The minimum Gasteiger partial charge on any atom is -0.389 e. The number of aliphatic hydroxyl groups is 1. The third-order valence-corrected chi connectivity index (χ3v) is 9.36. The summed E-state index contributed by atoms with van der Waals surface area (Å²) >= 11 is 0. The summed E-state index contributed by atoms with van der Waals surface area (Å²) in [6, 6.07) is 0.418. The van der Waals surface area contributed by atoms with Crippen molar-refractivity contribution < 1.29 is 24.3 Å². The Morgan fingerprint density at radius 1 is 1.14 bits per heavy atom. The van der Waals surface area contributed by atoms with E-state index in [1.165, 1.54) is 30.5 Å². The molecule has 3 amide bonds. The standard InChI is InChI=1S/C26H34N4O5/c31-12-21(32)19(9-15-6-7-27-24(15)33)29-25(34)23-17-3-1-2-16(17)11-30(23)26(35)20-10-18-13-4-5-14(8-13)22(18)28-20/h10,13-17,19,23,28,31H,1-9,11-12H2,(H,27,33)(H,29,34)/t13?,14?,15-,16-,17-,19-,23-/m0/s1. The molecule has 4 N–H and O–H groups in total. The van der Waals surface area contributed by atoms with E-state index in [-0.39, 0.29) is 41.9 Å². The SMILES string of the molecule is O=C1NCC[C@H]1C[C@H](NC(=O)[C@@H]1[C@H]2CCC[C@H]2CN1C(=O)c1cc2c([nH]1)C1CCC2C1)C(=O)CO.